The van der Waals surface area contributed by atoms with Crippen LogP contribution in [0.25, 0.3) is 0 Å². The molecule has 0 saturated carbocycles. The van der Waals surface area contributed by atoms with Crippen molar-refractivity contribution < 1.29 is 9.90 Å². The number of benzene rings is 1. The van der Waals surface area contributed by atoms with E-state index in [1.807, 2.05) is 6.07 Å². The molecule has 1 heterocycles. The van der Waals surface area contributed by atoms with Gasteiger partial charge in [-0.1, -0.05) is 6.07 Å². The minimum Gasteiger partial charge on any atom is -0.478 e. The van der Waals surface area contributed by atoms with Crippen molar-refractivity contribution in [1.82, 2.24) is 4.90 Å². The highest BCUT2D eigenvalue weighted by Gasteiger charge is 2.13. The highest BCUT2D eigenvalue weighted by Crippen LogP contribution is 2.17. The molecule has 1 fully saturated rings. The minimum absolute atomic E-state index is 0.185. The number of likely N-dealkylation sites (tertiary alicyclic amines) is 1. The van der Waals surface area contributed by atoms with Gasteiger partial charge in [-0.25, -0.2) is 4.79 Å². The zero-order chi connectivity index (χ0) is 11.5. The van der Waals surface area contributed by atoms with E-state index >= 15 is 0 Å². The maximum Gasteiger partial charge on any atom is 0.337 e. The summed E-state index contributed by atoms with van der Waals surface area (Å²) in [6.07, 6.45) is 2.51. The summed E-state index contributed by atoms with van der Waals surface area (Å²) in [5.41, 5.74) is 7.32. The van der Waals surface area contributed by atoms with E-state index < -0.39 is 5.97 Å². The van der Waals surface area contributed by atoms with Gasteiger partial charge in [0.15, 0.2) is 0 Å². The molecule has 0 atom stereocenters. The summed E-state index contributed by atoms with van der Waals surface area (Å²) in [4.78, 5) is 13.1. The molecule has 1 saturated heterocycles. The fourth-order valence-corrected chi connectivity index (χ4v) is 2.10. The van der Waals surface area contributed by atoms with Gasteiger partial charge in [0, 0.05) is 12.2 Å². The third-order valence-corrected chi connectivity index (χ3v) is 2.95. The summed E-state index contributed by atoms with van der Waals surface area (Å²) >= 11 is 0. The van der Waals surface area contributed by atoms with Crippen LogP contribution in [0.3, 0.4) is 0 Å². The number of aromatic carboxylic acids is 1. The second-order valence-electron chi connectivity index (χ2n) is 4.21. The smallest absolute Gasteiger partial charge is 0.337 e. The first-order valence-corrected chi connectivity index (χ1v) is 5.51. The van der Waals surface area contributed by atoms with Crippen LogP contribution in [0.15, 0.2) is 18.2 Å². The van der Waals surface area contributed by atoms with Gasteiger partial charge in [-0.15, -0.1) is 0 Å². The summed E-state index contributed by atoms with van der Waals surface area (Å²) in [5.74, 6) is -0.967. The second kappa shape index (κ2) is 4.53. The number of hydrogen-bond donors (Lipinski definition) is 2. The van der Waals surface area contributed by atoms with Crippen LogP contribution >= 0.6 is 0 Å². The lowest BCUT2D eigenvalue weighted by atomic mass is 10.1. The summed E-state index contributed by atoms with van der Waals surface area (Å²) in [5, 5.41) is 8.85. The van der Waals surface area contributed by atoms with E-state index in [9.17, 15) is 4.79 Å². The number of rotatable bonds is 3. The third kappa shape index (κ3) is 2.33. The second-order valence-corrected chi connectivity index (χ2v) is 4.21. The number of carbonyl (C=O) groups is 1. The fourth-order valence-electron chi connectivity index (χ4n) is 2.10. The Hall–Kier alpha value is -1.55. The van der Waals surface area contributed by atoms with E-state index in [1.165, 1.54) is 12.8 Å². The maximum absolute atomic E-state index is 10.8. The Bertz CT molecular complexity index is 398. The largest absolute Gasteiger partial charge is 0.478 e. The van der Waals surface area contributed by atoms with Gasteiger partial charge in [0.1, 0.15) is 0 Å². The number of carboxylic acids is 1. The van der Waals surface area contributed by atoms with Crippen LogP contribution in [-0.2, 0) is 6.54 Å². The Morgan fingerprint density at radius 3 is 2.62 bits per heavy atom. The molecular formula is C12H16N2O2. The summed E-state index contributed by atoms with van der Waals surface area (Å²) < 4.78 is 0. The molecule has 4 heteroatoms. The van der Waals surface area contributed by atoms with Crippen molar-refractivity contribution in [3.05, 3.63) is 29.3 Å². The summed E-state index contributed by atoms with van der Waals surface area (Å²) in [6.45, 7) is 3.12. The van der Waals surface area contributed by atoms with Crippen LogP contribution in [0.4, 0.5) is 5.69 Å². The van der Waals surface area contributed by atoms with Gasteiger partial charge in [-0.3, -0.25) is 4.90 Å². The summed E-state index contributed by atoms with van der Waals surface area (Å²) in [7, 11) is 0. The number of nitrogens with zero attached hydrogens (tertiary/aromatic N) is 1. The van der Waals surface area contributed by atoms with Crippen molar-refractivity contribution in [2.75, 3.05) is 18.8 Å². The Morgan fingerprint density at radius 1 is 1.38 bits per heavy atom. The van der Waals surface area contributed by atoms with Crippen LogP contribution in [0.5, 0.6) is 0 Å². The van der Waals surface area contributed by atoms with Crippen LogP contribution in [0.2, 0.25) is 0 Å². The lowest BCUT2D eigenvalue weighted by Crippen LogP contribution is -2.18. The van der Waals surface area contributed by atoms with Gasteiger partial charge in [0.2, 0.25) is 0 Å². The molecule has 1 aromatic rings. The molecule has 2 rings (SSSR count). The van der Waals surface area contributed by atoms with E-state index in [-0.39, 0.29) is 5.56 Å². The SMILES string of the molecule is Nc1cc(CN2CCCC2)ccc1C(=O)O. The summed E-state index contributed by atoms with van der Waals surface area (Å²) in [6, 6.07) is 5.20. The van der Waals surface area contributed by atoms with Gasteiger partial charge in [-0.05, 0) is 43.6 Å². The Labute approximate surface area is 94.7 Å². The average Bonchev–Trinajstić information content (AvgIpc) is 2.70. The van der Waals surface area contributed by atoms with E-state index in [4.69, 9.17) is 10.8 Å². The van der Waals surface area contributed by atoms with Gasteiger partial charge >= 0.3 is 5.97 Å². The molecule has 0 aromatic heterocycles. The highest BCUT2D eigenvalue weighted by molar-refractivity contribution is 5.93. The number of nitrogens with two attached hydrogens (primary N) is 1. The number of hydrogen-bond acceptors (Lipinski definition) is 3. The van der Waals surface area contributed by atoms with Gasteiger partial charge < -0.3 is 10.8 Å². The molecule has 1 aromatic carbocycles. The Kier molecular flexibility index (Phi) is 3.10. The lowest BCUT2D eigenvalue weighted by molar-refractivity contribution is 0.0698. The van der Waals surface area contributed by atoms with Crippen molar-refractivity contribution in [1.29, 1.82) is 0 Å². The van der Waals surface area contributed by atoms with E-state index in [2.05, 4.69) is 4.90 Å². The topological polar surface area (TPSA) is 66.6 Å². The molecule has 0 amide bonds. The van der Waals surface area contributed by atoms with Crippen LogP contribution in [-0.4, -0.2) is 29.1 Å². The Morgan fingerprint density at radius 2 is 2.06 bits per heavy atom. The molecule has 1 aliphatic heterocycles. The molecule has 0 spiro atoms. The van der Waals surface area contributed by atoms with Crippen LogP contribution in [0.1, 0.15) is 28.8 Å². The van der Waals surface area contributed by atoms with E-state index in [1.54, 1.807) is 12.1 Å². The van der Waals surface area contributed by atoms with Crippen LogP contribution in [0, 0.1) is 0 Å². The third-order valence-electron chi connectivity index (χ3n) is 2.95. The van der Waals surface area contributed by atoms with Crippen molar-refractivity contribution in [3.8, 4) is 0 Å². The standard InChI is InChI=1S/C12H16N2O2/c13-11-7-9(3-4-10(11)12(15)16)8-14-5-1-2-6-14/h3-4,7H,1-2,5-6,8,13H2,(H,15,16). The average molecular weight is 220 g/mol. The lowest BCUT2D eigenvalue weighted by Gasteiger charge is -2.15. The Balaban J connectivity index is 2.11. The first-order valence-electron chi connectivity index (χ1n) is 5.51. The van der Waals surface area contributed by atoms with Crippen LogP contribution < -0.4 is 5.73 Å². The molecule has 0 unspecified atom stereocenters. The highest BCUT2D eigenvalue weighted by atomic mass is 16.4. The van der Waals surface area contributed by atoms with Crippen molar-refractivity contribution in [3.63, 3.8) is 0 Å². The molecule has 1 aliphatic rings. The molecule has 86 valence electrons. The van der Waals surface area contributed by atoms with Gasteiger partial charge in [0.05, 0.1) is 5.56 Å². The van der Waals surface area contributed by atoms with Gasteiger partial charge in [0.25, 0.3) is 0 Å². The van der Waals surface area contributed by atoms with E-state index in [0.29, 0.717) is 5.69 Å². The molecule has 4 nitrogen and oxygen atoms in total. The maximum atomic E-state index is 10.8. The fraction of sp³-hybridized carbons (Fsp3) is 0.417. The first-order chi connectivity index (χ1) is 7.66. The quantitative estimate of drug-likeness (QED) is 0.759. The van der Waals surface area contributed by atoms with E-state index in [0.717, 1.165) is 25.2 Å². The number of anilines is 1. The molecule has 3 N–H and O–H groups in total. The van der Waals surface area contributed by atoms with Crippen molar-refractivity contribution >= 4 is 11.7 Å². The number of carboxylic acid groups (broad SMARTS) is 1. The van der Waals surface area contributed by atoms with Crippen molar-refractivity contribution in [2.45, 2.75) is 19.4 Å². The molecule has 0 bridgehead atoms. The molecule has 0 radical (unpaired) electrons. The predicted octanol–water partition coefficient (Wildman–Crippen LogP) is 1.56. The van der Waals surface area contributed by atoms with Crippen molar-refractivity contribution in [2.24, 2.45) is 0 Å². The zero-order valence-corrected chi connectivity index (χ0v) is 9.15. The first kappa shape index (κ1) is 11.0. The zero-order valence-electron chi connectivity index (χ0n) is 9.15. The number of nitrogen functional groups attached to an aromatic ring is 1. The molecule has 16 heavy (non-hydrogen) atoms. The minimum atomic E-state index is -0.967. The molecule has 0 aliphatic carbocycles. The molecular weight excluding hydrogens is 204 g/mol. The predicted molar refractivity (Wildman–Crippen MR) is 62.3 cm³/mol. The van der Waals surface area contributed by atoms with Gasteiger partial charge in [-0.2, -0.15) is 0 Å². The monoisotopic (exact) mass is 220 g/mol. The normalized spacial score (nSPS) is 16.5.